The van der Waals surface area contributed by atoms with Gasteiger partial charge in [0.1, 0.15) is 17.2 Å². The number of unbranched alkanes of at least 4 members (excludes halogenated alkanes) is 1. The molecule has 4 heteroatoms. The molecule has 3 heterocycles. The van der Waals surface area contributed by atoms with Gasteiger partial charge in [0.25, 0.3) is 0 Å². The number of hydrogen-bond acceptors (Lipinski definition) is 4. The van der Waals surface area contributed by atoms with Gasteiger partial charge in [-0.3, -0.25) is 4.79 Å². The number of nitrogens with zero attached hydrogens (tertiary/aromatic N) is 1. The quantitative estimate of drug-likeness (QED) is 0.452. The van der Waals surface area contributed by atoms with Gasteiger partial charge in [0, 0.05) is 30.5 Å². The van der Waals surface area contributed by atoms with Gasteiger partial charge in [-0.15, -0.1) is 0 Å². The van der Waals surface area contributed by atoms with E-state index in [0.29, 0.717) is 18.6 Å². The summed E-state index contributed by atoms with van der Waals surface area (Å²) in [4.78, 5) is 17.3. The van der Waals surface area contributed by atoms with Gasteiger partial charge in [-0.1, -0.05) is 25.1 Å². The Balaban J connectivity index is 1.25. The largest absolute Gasteiger partial charge is 0.464 e. The van der Waals surface area contributed by atoms with E-state index >= 15 is 0 Å². The minimum atomic E-state index is 0.269. The van der Waals surface area contributed by atoms with Crippen LogP contribution in [-0.2, 0) is 17.6 Å². The van der Waals surface area contributed by atoms with E-state index in [1.54, 1.807) is 6.26 Å². The molecule has 29 heavy (non-hydrogen) atoms. The Hall–Kier alpha value is -2.62. The van der Waals surface area contributed by atoms with Crippen LogP contribution in [0.5, 0.6) is 0 Å². The highest BCUT2D eigenvalue weighted by atomic mass is 16.3. The molecule has 0 radical (unpaired) electrons. The number of fused-ring (bicyclic) bond motifs is 2. The van der Waals surface area contributed by atoms with E-state index in [4.69, 9.17) is 9.40 Å². The summed E-state index contributed by atoms with van der Waals surface area (Å²) in [7, 11) is 0. The van der Waals surface area contributed by atoms with Gasteiger partial charge in [0.2, 0.25) is 0 Å². The molecule has 0 saturated heterocycles. The monoisotopic (exact) mass is 390 g/mol. The van der Waals surface area contributed by atoms with E-state index in [9.17, 15) is 4.79 Å². The third kappa shape index (κ3) is 4.87. The molecule has 0 saturated carbocycles. The summed E-state index contributed by atoms with van der Waals surface area (Å²) in [6.07, 6.45) is 9.13. The zero-order valence-corrected chi connectivity index (χ0v) is 17.2. The number of hydrogen-bond donors (Lipinski definition) is 1. The lowest BCUT2D eigenvalue weighted by atomic mass is 9.89. The topological polar surface area (TPSA) is 55.1 Å². The number of pyridine rings is 1. The average molecular weight is 391 g/mol. The molecule has 1 aliphatic rings. The molecule has 1 aliphatic heterocycles. The highest BCUT2D eigenvalue weighted by Gasteiger charge is 2.15. The molecular weight excluding hydrogens is 360 g/mol. The van der Waals surface area contributed by atoms with Crippen LogP contribution in [0.3, 0.4) is 0 Å². The molecule has 152 valence electrons. The zero-order valence-electron chi connectivity index (χ0n) is 17.2. The first-order chi connectivity index (χ1) is 14.2. The molecule has 1 N–H and O–H groups in total. The summed E-state index contributed by atoms with van der Waals surface area (Å²) >= 11 is 0. The van der Waals surface area contributed by atoms with Crippen molar-refractivity contribution >= 4 is 22.6 Å². The Morgan fingerprint density at radius 1 is 1.21 bits per heavy atom. The van der Waals surface area contributed by atoms with Crippen LogP contribution >= 0.6 is 0 Å². The molecule has 0 amide bonds. The number of Topliss-reactive ketones (excluding diaryl/α,β-unsaturated/α-hetero) is 1. The van der Waals surface area contributed by atoms with Crippen molar-refractivity contribution < 1.29 is 9.21 Å². The third-order valence-corrected chi connectivity index (χ3v) is 6.01. The van der Waals surface area contributed by atoms with Crippen LogP contribution in [0.15, 0.2) is 47.1 Å². The SMILES string of the molecule is CCC(CC(=O)CCCCc1ccc2c(n1)NCCC2)c1ccc2ccoc2c1. The van der Waals surface area contributed by atoms with Gasteiger partial charge in [-0.2, -0.15) is 0 Å². The van der Waals surface area contributed by atoms with Gasteiger partial charge in [-0.25, -0.2) is 4.98 Å². The second-order valence-corrected chi connectivity index (χ2v) is 8.11. The molecule has 0 fully saturated rings. The predicted molar refractivity (Wildman–Crippen MR) is 117 cm³/mol. The number of benzene rings is 1. The van der Waals surface area contributed by atoms with Gasteiger partial charge in [0.05, 0.1) is 6.26 Å². The number of rotatable bonds is 9. The molecule has 0 bridgehead atoms. The maximum absolute atomic E-state index is 12.6. The first-order valence-corrected chi connectivity index (χ1v) is 10.9. The molecule has 3 aromatic rings. The van der Waals surface area contributed by atoms with Crippen molar-refractivity contribution in [3.8, 4) is 0 Å². The fourth-order valence-electron chi connectivity index (χ4n) is 4.24. The zero-order chi connectivity index (χ0) is 20.1. The van der Waals surface area contributed by atoms with E-state index in [1.165, 1.54) is 17.5 Å². The van der Waals surface area contributed by atoms with Gasteiger partial charge in [-0.05, 0) is 73.8 Å². The molecule has 1 atom stereocenters. The third-order valence-electron chi connectivity index (χ3n) is 6.01. The lowest BCUT2D eigenvalue weighted by Gasteiger charge is -2.17. The summed E-state index contributed by atoms with van der Waals surface area (Å²) in [5, 5.41) is 4.50. The van der Waals surface area contributed by atoms with Crippen LogP contribution in [0.1, 0.15) is 68.2 Å². The summed E-state index contributed by atoms with van der Waals surface area (Å²) in [6.45, 7) is 3.17. The van der Waals surface area contributed by atoms with Crippen LogP contribution in [0.4, 0.5) is 5.82 Å². The number of nitrogens with one attached hydrogen (secondary N) is 1. The first-order valence-electron chi connectivity index (χ1n) is 10.9. The molecular formula is C25H30N2O2. The minimum Gasteiger partial charge on any atom is -0.464 e. The minimum absolute atomic E-state index is 0.269. The van der Waals surface area contributed by atoms with Crippen LogP contribution in [0.2, 0.25) is 0 Å². The summed E-state index contributed by atoms with van der Waals surface area (Å²) in [5.41, 5.74) is 4.56. The Morgan fingerprint density at radius 2 is 2.14 bits per heavy atom. The second-order valence-electron chi connectivity index (χ2n) is 8.11. The van der Waals surface area contributed by atoms with Crippen molar-refractivity contribution in [2.24, 2.45) is 0 Å². The molecule has 0 spiro atoms. The maximum atomic E-state index is 12.6. The molecule has 1 aromatic carbocycles. The molecule has 4 rings (SSSR count). The number of aromatic nitrogens is 1. The van der Waals surface area contributed by atoms with Crippen molar-refractivity contribution in [1.82, 2.24) is 4.98 Å². The van der Waals surface area contributed by atoms with E-state index in [0.717, 1.165) is 61.1 Å². The number of carbonyl (C=O) groups excluding carboxylic acids is 1. The van der Waals surface area contributed by atoms with Crippen molar-refractivity contribution in [1.29, 1.82) is 0 Å². The van der Waals surface area contributed by atoms with Crippen LogP contribution in [0, 0.1) is 0 Å². The van der Waals surface area contributed by atoms with Gasteiger partial charge >= 0.3 is 0 Å². The van der Waals surface area contributed by atoms with Gasteiger partial charge < -0.3 is 9.73 Å². The average Bonchev–Trinajstić information content (AvgIpc) is 3.23. The summed E-state index contributed by atoms with van der Waals surface area (Å²) in [6, 6.07) is 12.6. The lowest BCUT2D eigenvalue weighted by molar-refractivity contribution is -0.119. The number of anilines is 1. The van der Waals surface area contributed by atoms with Crippen molar-refractivity contribution in [2.75, 3.05) is 11.9 Å². The predicted octanol–water partition coefficient (Wildman–Crippen LogP) is 6.05. The Morgan fingerprint density at radius 3 is 3.03 bits per heavy atom. The highest BCUT2D eigenvalue weighted by Crippen LogP contribution is 2.28. The Kier molecular flexibility index (Phi) is 6.28. The number of ketones is 1. The summed E-state index contributed by atoms with van der Waals surface area (Å²) < 4.78 is 5.52. The highest BCUT2D eigenvalue weighted by molar-refractivity contribution is 5.80. The van der Waals surface area contributed by atoms with E-state index in [-0.39, 0.29) is 5.92 Å². The van der Waals surface area contributed by atoms with E-state index in [1.807, 2.05) is 6.07 Å². The fourth-order valence-corrected chi connectivity index (χ4v) is 4.24. The fraction of sp³-hybridized carbons (Fsp3) is 0.440. The Labute approximate surface area is 172 Å². The normalized spacial score (nSPS) is 14.4. The molecule has 4 nitrogen and oxygen atoms in total. The lowest BCUT2D eigenvalue weighted by Crippen LogP contribution is -2.14. The van der Waals surface area contributed by atoms with Gasteiger partial charge in [0.15, 0.2) is 0 Å². The second kappa shape index (κ2) is 9.25. The summed E-state index contributed by atoms with van der Waals surface area (Å²) in [5.74, 6) is 1.69. The van der Waals surface area contributed by atoms with Crippen molar-refractivity contribution in [2.45, 2.75) is 64.2 Å². The molecule has 2 aromatic heterocycles. The maximum Gasteiger partial charge on any atom is 0.134 e. The van der Waals surface area contributed by atoms with Crippen LogP contribution < -0.4 is 5.32 Å². The molecule has 0 aliphatic carbocycles. The van der Waals surface area contributed by atoms with Crippen LogP contribution in [0.25, 0.3) is 11.0 Å². The van der Waals surface area contributed by atoms with E-state index in [2.05, 4.69) is 42.6 Å². The number of furan rings is 1. The van der Waals surface area contributed by atoms with Crippen molar-refractivity contribution in [3.63, 3.8) is 0 Å². The first kappa shape index (κ1) is 19.7. The molecule has 1 unspecified atom stereocenters. The van der Waals surface area contributed by atoms with E-state index < -0.39 is 0 Å². The number of carbonyl (C=O) groups is 1. The Bertz CT molecular complexity index is 976. The van der Waals surface area contributed by atoms with Crippen LogP contribution in [-0.4, -0.2) is 17.3 Å². The number of aryl methyl sites for hydroxylation is 2. The smallest absolute Gasteiger partial charge is 0.134 e. The standard InChI is InChI=1S/C25H30N2O2/c1-2-18(21-10-9-19-13-15-29-24(19)17-21)16-23(28)8-4-3-7-22-12-11-20-6-5-14-26-25(20)27-22/h9-13,15,17-18H,2-8,14,16H2,1H3,(H,26,27). The van der Waals surface area contributed by atoms with Crippen molar-refractivity contribution in [3.05, 3.63) is 59.5 Å².